The van der Waals surface area contributed by atoms with Gasteiger partial charge in [0.2, 0.25) is 5.78 Å². The number of hydrogen-bond acceptors (Lipinski definition) is 11. The van der Waals surface area contributed by atoms with Gasteiger partial charge in [-0.2, -0.15) is 15.3 Å². The Morgan fingerprint density at radius 2 is 1.06 bits per heavy atom. The second kappa shape index (κ2) is 25.5. The van der Waals surface area contributed by atoms with Crippen molar-refractivity contribution in [2.45, 2.75) is 214 Å². The van der Waals surface area contributed by atoms with E-state index in [2.05, 4.69) is 106 Å². The van der Waals surface area contributed by atoms with Crippen LogP contribution in [0.4, 0.5) is 14.4 Å². The van der Waals surface area contributed by atoms with Crippen LogP contribution in [-0.2, 0) is 19.0 Å². The molecule has 3 aromatic heterocycles. The largest absolute Gasteiger partial charge is 0.444 e. The zero-order valence-corrected chi connectivity index (χ0v) is 48.2. The Bertz CT molecular complexity index is 2270. The molecule has 1 N–H and O–H groups in total. The summed E-state index contributed by atoms with van der Waals surface area (Å²) >= 11 is 7.14. The number of likely N-dealkylation sites (tertiary alicyclic amines) is 3. The summed E-state index contributed by atoms with van der Waals surface area (Å²) in [7, 11) is 0. The van der Waals surface area contributed by atoms with Crippen molar-refractivity contribution in [2.75, 3.05) is 26.2 Å². The topological polar surface area (TPSA) is 171 Å². The van der Waals surface area contributed by atoms with Gasteiger partial charge < -0.3 is 19.5 Å². The molecule has 7 rings (SSSR count). The highest BCUT2D eigenvalue weighted by Gasteiger charge is 2.38. The predicted molar refractivity (Wildman–Crippen MR) is 283 cm³/mol. The second-order valence-corrected chi connectivity index (χ2v) is 24.0. The summed E-state index contributed by atoms with van der Waals surface area (Å²) in [5.74, 6) is 1.72. The fourth-order valence-electron chi connectivity index (χ4n) is 8.37. The van der Waals surface area contributed by atoms with E-state index in [1.54, 1.807) is 30.6 Å². The summed E-state index contributed by atoms with van der Waals surface area (Å²) in [4.78, 5) is 52.8. The van der Waals surface area contributed by atoms with Crippen LogP contribution in [0.25, 0.3) is 0 Å². The van der Waals surface area contributed by atoms with Crippen LogP contribution >= 0.6 is 31.9 Å². The monoisotopic (exact) mass is 1120 g/mol. The molecule has 4 aliphatic rings. The highest BCUT2D eigenvalue weighted by atomic mass is 79.9. The molecular formula is C52H82Br2N10O7. The highest BCUT2D eigenvalue weighted by Crippen LogP contribution is 2.37. The molecule has 4 fully saturated rings. The summed E-state index contributed by atoms with van der Waals surface area (Å²) in [6, 6.07) is 3.06. The Hall–Kier alpha value is -4.41. The highest BCUT2D eigenvalue weighted by molar-refractivity contribution is 9.10. The van der Waals surface area contributed by atoms with Gasteiger partial charge in [0.25, 0.3) is 0 Å². The Morgan fingerprint density at radius 3 is 1.49 bits per heavy atom. The molecule has 0 aromatic carbocycles. The third-order valence-electron chi connectivity index (χ3n) is 11.8. The van der Waals surface area contributed by atoms with E-state index < -0.39 is 28.9 Å². The lowest BCUT2D eigenvalue weighted by Crippen LogP contribution is -2.43. The van der Waals surface area contributed by atoms with Crippen molar-refractivity contribution in [1.82, 2.24) is 49.4 Å². The number of ether oxygens (including phenoxy) is 3. The molecule has 0 saturated carbocycles. The minimum absolute atomic E-state index is 0.00535. The molecule has 4 aliphatic heterocycles. The van der Waals surface area contributed by atoms with Crippen molar-refractivity contribution >= 4 is 55.9 Å². The fourth-order valence-corrected chi connectivity index (χ4v) is 9.49. The molecule has 7 heterocycles. The van der Waals surface area contributed by atoms with Crippen LogP contribution in [0.5, 0.6) is 0 Å². The summed E-state index contributed by atoms with van der Waals surface area (Å²) in [5.41, 5.74) is 1.56. The lowest BCUT2D eigenvalue weighted by Gasteiger charge is -2.28. The molecule has 396 valence electrons. The third-order valence-corrected chi connectivity index (χ3v) is 13.0. The second-order valence-electron chi connectivity index (χ2n) is 22.3. The number of rotatable bonds is 7. The normalized spacial score (nSPS) is 20.2. The molecule has 3 aromatic rings. The standard InChI is InChI=1S/C15H24BrN3O2.C15H25N3O2.C12H17NO3.C10H16BrN3/c1-10(2)19-9-11(16)13(17-19)12-7-6-8-18(12)14(20)21-15(3,4)5;1-11(2)18-10-8-12(16-18)13-7-6-9-17(13)14(19)20-15(3,4)5;1-5-10(14)9-7-6-8-13(9)11(15)16-12(2,3)4;1-7(2)14-6-8(11)10(13-14)9-4-3-5-12-9/h9-10,12H,6-8H2,1-5H3;8,10-11,13H,6-7,9H2,1-5H3;1,9H,6-8H2,2-4H3;6-7,9,12H,3-5H2,1-2H3/t12-;13-;2*9-/m1111/s1. The van der Waals surface area contributed by atoms with Crippen molar-refractivity contribution in [3.8, 4) is 12.3 Å². The van der Waals surface area contributed by atoms with Crippen molar-refractivity contribution in [2.24, 2.45) is 0 Å². The molecule has 17 nitrogen and oxygen atoms in total. The van der Waals surface area contributed by atoms with E-state index >= 15 is 0 Å². The van der Waals surface area contributed by atoms with Gasteiger partial charge in [-0.1, -0.05) is 0 Å². The number of nitrogens with zero attached hydrogens (tertiary/aromatic N) is 9. The maximum absolute atomic E-state index is 12.4. The predicted octanol–water partition coefficient (Wildman–Crippen LogP) is 12.1. The van der Waals surface area contributed by atoms with Gasteiger partial charge in [-0.25, -0.2) is 14.4 Å². The lowest BCUT2D eigenvalue weighted by atomic mass is 10.1. The first-order valence-corrected chi connectivity index (χ1v) is 26.9. The zero-order valence-electron chi connectivity index (χ0n) is 45.1. The van der Waals surface area contributed by atoms with Gasteiger partial charge in [-0.05, 0) is 206 Å². The number of carbonyl (C=O) groups is 4. The van der Waals surface area contributed by atoms with Crippen molar-refractivity contribution in [3.63, 3.8) is 0 Å². The number of carbonyl (C=O) groups excluding carboxylic acids is 4. The van der Waals surface area contributed by atoms with Crippen LogP contribution < -0.4 is 5.32 Å². The van der Waals surface area contributed by atoms with Crippen LogP contribution in [0, 0.1) is 12.3 Å². The Kier molecular flexibility index (Phi) is 21.2. The molecule has 0 aliphatic carbocycles. The molecular weight excluding hydrogens is 1040 g/mol. The number of Topliss-reactive ketones (excluding diaryl/α,β-unsaturated/α-hetero) is 1. The Balaban J connectivity index is 0.000000208. The van der Waals surface area contributed by atoms with Gasteiger partial charge in [0.05, 0.1) is 44.2 Å². The minimum atomic E-state index is -0.552. The minimum Gasteiger partial charge on any atom is -0.444 e. The number of aromatic nitrogens is 6. The SMILES string of the molecule is C#CC(=O)[C@H]1CCCN1C(=O)OC(C)(C)C.CC(C)n1cc(Br)c([C@H]2CCCN2)n1.CC(C)n1cc(Br)c([C@H]2CCCN2C(=O)OC(C)(C)C)n1.CC(C)n1ccc([C@H]2CCCN2C(=O)OC(C)(C)C)n1. The quantitative estimate of drug-likeness (QED) is 0.136. The Labute approximate surface area is 440 Å². The van der Waals surface area contributed by atoms with Crippen LogP contribution in [0.2, 0.25) is 0 Å². The molecule has 4 saturated heterocycles. The molecule has 19 heteroatoms. The third kappa shape index (κ3) is 17.6. The van der Waals surface area contributed by atoms with E-state index in [0.717, 1.165) is 77.8 Å². The molecule has 71 heavy (non-hydrogen) atoms. The van der Waals surface area contributed by atoms with Crippen molar-refractivity contribution in [3.05, 3.63) is 50.7 Å². The number of ketones is 1. The van der Waals surface area contributed by atoms with Crippen LogP contribution in [0.1, 0.15) is 209 Å². The molecule has 0 radical (unpaired) electrons. The molecule has 0 spiro atoms. The molecule has 0 bridgehead atoms. The molecule has 3 amide bonds. The van der Waals surface area contributed by atoms with Gasteiger partial charge in [0.15, 0.2) is 0 Å². The average molecular weight is 1120 g/mol. The summed E-state index contributed by atoms with van der Waals surface area (Å²) in [6.07, 6.45) is 17.9. The Morgan fingerprint density at radius 1 is 0.620 bits per heavy atom. The number of halogens is 2. The first-order valence-electron chi connectivity index (χ1n) is 25.3. The summed E-state index contributed by atoms with van der Waals surface area (Å²) in [5, 5.41) is 17.3. The van der Waals surface area contributed by atoms with Gasteiger partial charge >= 0.3 is 18.3 Å². The number of terminal acetylenes is 1. The van der Waals surface area contributed by atoms with Gasteiger partial charge in [0.1, 0.15) is 22.8 Å². The smallest absolute Gasteiger partial charge is 0.410 e. The van der Waals surface area contributed by atoms with Crippen LogP contribution in [0.15, 0.2) is 33.6 Å². The first-order chi connectivity index (χ1) is 33.0. The molecule has 0 unspecified atom stereocenters. The zero-order chi connectivity index (χ0) is 53.2. The van der Waals surface area contributed by atoms with E-state index in [-0.39, 0.29) is 30.1 Å². The average Bonchev–Trinajstić information content (AvgIpc) is 4.10. The van der Waals surface area contributed by atoms with Gasteiger partial charge in [-0.15, -0.1) is 6.42 Å². The van der Waals surface area contributed by atoms with Gasteiger partial charge in [0, 0.05) is 56.4 Å². The fraction of sp³-hybridized carbons (Fsp3) is 0.712. The lowest BCUT2D eigenvalue weighted by molar-refractivity contribution is -0.117. The number of amides is 3. The van der Waals surface area contributed by atoms with Crippen molar-refractivity contribution in [1.29, 1.82) is 0 Å². The number of hydrogen-bond donors (Lipinski definition) is 1. The maximum Gasteiger partial charge on any atom is 0.410 e. The van der Waals surface area contributed by atoms with Crippen molar-refractivity contribution < 1.29 is 33.4 Å². The van der Waals surface area contributed by atoms with E-state index in [9.17, 15) is 19.2 Å². The summed E-state index contributed by atoms with van der Waals surface area (Å²) in [6.45, 7) is 32.5. The van der Waals surface area contributed by atoms with E-state index in [1.165, 1.54) is 17.7 Å². The van der Waals surface area contributed by atoms with E-state index in [0.29, 0.717) is 37.1 Å². The van der Waals surface area contributed by atoms with Crippen LogP contribution in [-0.4, -0.2) is 117 Å². The number of nitrogens with one attached hydrogen (secondary N) is 1. The van der Waals surface area contributed by atoms with E-state index in [4.69, 9.17) is 20.6 Å². The van der Waals surface area contributed by atoms with Gasteiger partial charge in [-0.3, -0.25) is 33.5 Å². The van der Waals surface area contributed by atoms with Crippen LogP contribution in [0.3, 0.4) is 0 Å². The summed E-state index contributed by atoms with van der Waals surface area (Å²) < 4.78 is 24.1. The maximum atomic E-state index is 12.4. The first kappa shape index (κ1) is 59.2. The molecule has 4 atom stereocenters. The van der Waals surface area contributed by atoms with E-state index in [1.807, 2.05) is 74.0 Å².